The summed E-state index contributed by atoms with van der Waals surface area (Å²) >= 11 is 0. The van der Waals surface area contributed by atoms with Crippen LogP contribution < -0.4 is 10.7 Å². The topological polar surface area (TPSA) is 168 Å². The third-order valence-electron chi connectivity index (χ3n) is 15.8. The number of piperidine rings is 1. The number of fused-ring (bicyclic) bond motifs is 6. The number of pyridine rings is 1. The van der Waals surface area contributed by atoms with Crippen molar-refractivity contribution >= 4 is 40.2 Å². The lowest BCUT2D eigenvalue weighted by Gasteiger charge is -2.37. The first-order valence-electron chi connectivity index (χ1n) is 26.8. The summed E-state index contributed by atoms with van der Waals surface area (Å²) in [4.78, 5) is 67.2. The van der Waals surface area contributed by atoms with Gasteiger partial charge in [0, 0.05) is 61.7 Å². The first-order chi connectivity index (χ1) is 35.9. The number of phenolic OH excluding ortho intramolecular Hbond substituents is 1. The number of nitrogens with zero attached hydrogens (tertiary/aromatic N) is 5. The summed E-state index contributed by atoms with van der Waals surface area (Å²) in [5.41, 5.74) is 12.6. The van der Waals surface area contributed by atoms with E-state index in [1.807, 2.05) is 69.4 Å². The van der Waals surface area contributed by atoms with E-state index in [1.54, 1.807) is 26.3 Å². The molecule has 6 heterocycles. The minimum atomic E-state index is -1.17. The number of aryl methyl sites for hydroxylation is 1. The third kappa shape index (κ3) is 11.3. The van der Waals surface area contributed by atoms with Crippen molar-refractivity contribution in [3.05, 3.63) is 113 Å². The fourth-order valence-corrected chi connectivity index (χ4v) is 11.7. The number of nitrogens with one attached hydrogen (secondary N) is 2. The van der Waals surface area contributed by atoms with Gasteiger partial charge in [-0.2, -0.15) is 0 Å². The second-order valence-corrected chi connectivity index (χ2v) is 22.3. The number of hydrazine groups is 1. The van der Waals surface area contributed by atoms with E-state index in [-0.39, 0.29) is 49.9 Å². The summed E-state index contributed by atoms with van der Waals surface area (Å²) in [5, 5.41) is 17.0. The molecule has 0 spiro atoms. The van der Waals surface area contributed by atoms with Gasteiger partial charge in [-0.25, -0.2) is 5.43 Å². The van der Waals surface area contributed by atoms with Crippen LogP contribution in [0, 0.1) is 11.3 Å². The standard InChI is InChI=1S/C60H75N7O8/c1-10-66-51-19-18-41-31-46(51)48(54(66)47-32-43(34-61-52(47)37(4)73-9)39-20-24-64(7)25-21-39)33-60(5,6)35-75-59(72)49-17-14-23-67(63-49)57(70)50(29-38-27-42(41)30-44(68)28-38)62-56(69)53(36(2)3)65(8)58(71)55-45(22-26-74-55)40-15-12-11-13-16-40/h11-13,15-16,18-19,22,27-28,30-32,34,36-37,39,49-50,53,55,63,68H,10,14,17,20-21,23-26,29,33,35H2,1-9H3,(H,62,69)/t37-,49-,50-,53?,55+/m0/s1. The average Bonchev–Trinajstić information content (AvgIpc) is 4.03. The highest BCUT2D eigenvalue weighted by Crippen LogP contribution is 2.44. The van der Waals surface area contributed by atoms with Crippen molar-refractivity contribution in [2.45, 2.75) is 123 Å². The predicted octanol–water partition coefficient (Wildman–Crippen LogP) is 8.23. The molecule has 3 N–H and O–H groups in total. The van der Waals surface area contributed by atoms with E-state index in [1.165, 1.54) is 15.5 Å². The number of hydrogen-bond donors (Lipinski definition) is 3. The third-order valence-corrected chi connectivity index (χ3v) is 15.8. The van der Waals surface area contributed by atoms with Crippen LogP contribution in [0.5, 0.6) is 5.75 Å². The van der Waals surface area contributed by atoms with Crippen molar-refractivity contribution in [2.75, 3.05) is 54.1 Å². The number of likely N-dealkylation sites (N-methyl/N-ethyl adjacent to an activating group) is 1. The van der Waals surface area contributed by atoms with Crippen LogP contribution in [0.15, 0.2) is 85.1 Å². The van der Waals surface area contributed by atoms with Gasteiger partial charge in [-0.1, -0.05) is 76.2 Å². The summed E-state index contributed by atoms with van der Waals surface area (Å²) in [6, 6.07) is 20.6. The molecule has 9 rings (SSSR count). The molecule has 0 aliphatic carbocycles. The molecule has 6 bridgehead atoms. The molecule has 15 nitrogen and oxygen atoms in total. The van der Waals surface area contributed by atoms with Gasteiger partial charge >= 0.3 is 5.97 Å². The Bertz CT molecular complexity index is 2960. The lowest BCUT2D eigenvalue weighted by atomic mass is 9.83. The molecule has 2 aromatic heterocycles. The summed E-state index contributed by atoms with van der Waals surface area (Å²) in [6.07, 6.45) is 6.31. The summed E-state index contributed by atoms with van der Waals surface area (Å²) in [5.74, 6) is -1.83. The monoisotopic (exact) mass is 1020 g/mol. The van der Waals surface area contributed by atoms with Crippen LogP contribution in [0.4, 0.5) is 0 Å². The number of hydrogen-bond acceptors (Lipinski definition) is 11. The van der Waals surface area contributed by atoms with E-state index in [9.17, 15) is 24.3 Å². The van der Waals surface area contributed by atoms with Crippen LogP contribution in [-0.4, -0.2) is 131 Å². The fourth-order valence-electron chi connectivity index (χ4n) is 11.7. The molecule has 0 radical (unpaired) electrons. The zero-order valence-corrected chi connectivity index (χ0v) is 45.2. The molecular weight excluding hydrogens is 947 g/mol. The SMILES string of the molecule is CCn1c(-c2cc(C3CCN(C)CC3)cnc2[C@H](C)OC)c2c3cc(ccc31)-c1cc(O)cc(c1)C[C@H](NC(=O)C(C(C)C)N(C)C(=O)[C@@H]1OCC=C1c1ccccc1)C(=O)N1CCC[C@H](N1)C(=O)OCC(C)(C)C2. The number of esters is 1. The molecule has 75 heavy (non-hydrogen) atoms. The Morgan fingerprint density at radius 1 is 0.973 bits per heavy atom. The molecule has 4 aliphatic rings. The van der Waals surface area contributed by atoms with Crippen LogP contribution in [0.25, 0.3) is 38.9 Å². The first-order valence-corrected chi connectivity index (χ1v) is 26.8. The van der Waals surface area contributed by atoms with Crippen molar-refractivity contribution in [1.82, 2.24) is 35.1 Å². The molecule has 4 aliphatic heterocycles. The Morgan fingerprint density at radius 2 is 1.73 bits per heavy atom. The predicted molar refractivity (Wildman–Crippen MR) is 290 cm³/mol. The van der Waals surface area contributed by atoms with Gasteiger partial charge in [0.1, 0.15) is 23.9 Å². The highest BCUT2D eigenvalue weighted by atomic mass is 16.5. The van der Waals surface area contributed by atoms with E-state index in [4.69, 9.17) is 19.2 Å². The number of likely N-dealkylation sites (tertiary alicyclic amines) is 1. The van der Waals surface area contributed by atoms with E-state index in [0.717, 1.165) is 81.6 Å². The molecule has 2 saturated heterocycles. The van der Waals surface area contributed by atoms with Crippen LogP contribution >= 0.6 is 0 Å². The number of methoxy groups -OCH3 is 1. The van der Waals surface area contributed by atoms with E-state index in [2.05, 4.69) is 72.3 Å². The van der Waals surface area contributed by atoms with Gasteiger partial charge in [0.15, 0.2) is 6.10 Å². The number of amides is 3. The molecule has 3 amide bonds. The molecule has 398 valence electrons. The molecule has 5 aromatic rings. The zero-order chi connectivity index (χ0) is 53.3. The van der Waals surface area contributed by atoms with Gasteiger partial charge in [0.25, 0.3) is 11.8 Å². The number of aromatic nitrogens is 2. The molecule has 15 heteroatoms. The molecule has 5 atom stereocenters. The number of benzene rings is 3. The lowest BCUT2D eigenvalue weighted by Crippen LogP contribution is -2.62. The molecule has 0 saturated carbocycles. The minimum absolute atomic E-state index is 0.000763. The maximum absolute atomic E-state index is 14.9. The van der Waals surface area contributed by atoms with Crippen molar-refractivity contribution in [2.24, 2.45) is 11.3 Å². The van der Waals surface area contributed by atoms with Crippen LogP contribution in [0.3, 0.4) is 0 Å². The summed E-state index contributed by atoms with van der Waals surface area (Å²) < 4.78 is 20.6. The van der Waals surface area contributed by atoms with Crippen molar-refractivity contribution in [3.63, 3.8) is 0 Å². The van der Waals surface area contributed by atoms with Gasteiger partial charge < -0.3 is 39.0 Å². The first kappa shape index (κ1) is 53.4. The van der Waals surface area contributed by atoms with E-state index >= 15 is 0 Å². The number of carbonyl (C=O) groups is 4. The number of ether oxygens (including phenoxy) is 3. The Kier molecular flexibility index (Phi) is 16.0. The Balaban J connectivity index is 1.13. The average molecular weight is 1020 g/mol. The highest BCUT2D eigenvalue weighted by Gasteiger charge is 2.40. The quantitative estimate of drug-likeness (QED) is 0.109. The number of aromatic hydroxyl groups is 1. The van der Waals surface area contributed by atoms with E-state index < -0.39 is 47.4 Å². The number of cyclic esters (lactones) is 1. The maximum atomic E-state index is 14.9. The summed E-state index contributed by atoms with van der Waals surface area (Å²) in [7, 11) is 5.48. The number of phenols is 1. The molecule has 3 aromatic carbocycles. The lowest BCUT2D eigenvalue weighted by molar-refractivity contribution is -0.155. The molecule has 1 unspecified atom stereocenters. The van der Waals surface area contributed by atoms with Crippen molar-refractivity contribution < 1.29 is 38.5 Å². The van der Waals surface area contributed by atoms with Gasteiger partial charge in [-0.05, 0) is 147 Å². The molecular formula is C60H75N7O8. The number of rotatable bonds is 11. The van der Waals surface area contributed by atoms with Crippen molar-refractivity contribution in [1.29, 1.82) is 0 Å². The van der Waals surface area contributed by atoms with Gasteiger partial charge in [-0.3, -0.25) is 29.2 Å². The van der Waals surface area contributed by atoms with Gasteiger partial charge in [0.2, 0.25) is 5.91 Å². The van der Waals surface area contributed by atoms with Crippen LogP contribution in [0.2, 0.25) is 0 Å². The second kappa shape index (κ2) is 22.4. The van der Waals surface area contributed by atoms with Gasteiger partial charge in [0.05, 0.1) is 30.7 Å². The number of carbonyl (C=O) groups excluding carboxylic acids is 4. The maximum Gasteiger partial charge on any atom is 0.324 e. The van der Waals surface area contributed by atoms with E-state index in [0.29, 0.717) is 37.3 Å². The van der Waals surface area contributed by atoms with Gasteiger partial charge in [-0.15, -0.1) is 0 Å². The Morgan fingerprint density at radius 3 is 2.45 bits per heavy atom. The zero-order valence-electron chi connectivity index (χ0n) is 45.2. The summed E-state index contributed by atoms with van der Waals surface area (Å²) in [6.45, 7) is 15.5. The minimum Gasteiger partial charge on any atom is -0.508 e. The molecule has 2 fully saturated rings. The Labute approximate surface area is 441 Å². The van der Waals surface area contributed by atoms with Crippen molar-refractivity contribution in [3.8, 4) is 28.1 Å². The smallest absolute Gasteiger partial charge is 0.324 e. The van der Waals surface area contributed by atoms with Crippen LogP contribution in [-0.2, 0) is 52.8 Å². The normalized spacial score (nSPS) is 21.6. The second-order valence-electron chi connectivity index (χ2n) is 22.3. The Hall–Kier alpha value is -6.39. The highest BCUT2D eigenvalue weighted by molar-refractivity contribution is 5.99. The largest absolute Gasteiger partial charge is 0.508 e. The fraction of sp³-hybridized carbons (Fsp3) is 0.483. The van der Waals surface area contributed by atoms with Crippen LogP contribution in [0.1, 0.15) is 107 Å².